The lowest BCUT2D eigenvalue weighted by atomic mass is 10.2. The normalized spacial score (nSPS) is 15.9. The first-order valence-corrected chi connectivity index (χ1v) is 10.1. The highest BCUT2D eigenvalue weighted by Crippen LogP contribution is 2.18. The summed E-state index contributed by atoms with van der Waals surface area (Å²) in [5, 5.41) is 3.54. The minimum Gasteiger partial charge on any atom is -0.366 e. The largest absolute Gasteiger partial charge is 0.366 e. The molecule has 3 aromatic heterocycles. The molecule has 0 amide bonds. The van der Waals surface area contributed by atoms with Gasteiger partial charge in [0.25, 0.3) is 0 Å². The van der Waals surface area contributed by atoms with Gasteiger partial charge in [0.15, 0.2) is 5.82 Å². The molecule has 1 unspecified atom stereocenters. The van der Waals surface area contributed by atoms with Gasteiger partial charge in [-0.3, -0.25) is 9.88 Å². The second-order valence-corrected chi connectivity index (χ2v) is 7.48. The summed E-state index contributed by atoms with van der Waals surface area (Å²) < 4.78 is 0. The Labute approximate surface area is 171 Å². The molecule has 4 heterocycles. The Bertz CT molecular complexity index is 909. The first-order chi connectivity index (χ1) is 14.2. The maximum absolute atomic E-state index is 4.69. The van der Waals surface area contributed by atoms with Crippen molar-refractivity contribution in [2.24, 2.45) is 0 Å². The molecular weight excluding hydrogens is 362 g/mol. The minimum atomic E-state index is 0.285. The molecule has 1 N–H and O–H groups in total. The van der Waals surface area contributed by atoms with Gasteiger partial charge in [0.05, 0.1) is 0 Å². The molecule has 1 saturated heterocycles. The Hall–Kier alpha value is -3.06. The molecule has 0 aliphatic carbocycles. The van der Waals surface area contributed by atoms with Crippen molar-refractivity contribution in [1.29, 1.82) is 0 Å². The van der Waals surface area contributed by atoms with Crippen LogP contribution in [0.15, 0.2) is 55.0 Å². The van der Waals surface area contributed by atoms with Crippen molar-refractivity contribution in [3.8, 4) is 11.4 Å². The number of rotatable bonds is 6. The van der Waals surface area contributed by atoms with Crippen LogP contribution in [0.25, 0.3) is 11.4 Å². The van der Waals surface area contributed by atoms with Crippen molar-refractivity contribution in [2.45, 2.75) is 19.9 Å². The van der Waals surface area contributed by atoms with Crippen LogP contribution in [-0.2, 0) is 0 Å². The quantitative estimate of drug-likeness (QED) is 0.695. The fourth-order valence-electron chi connectivity index (χ4n) is 3.65. The predicted octanol–water partition coefficient (Wildman–Crippen LogP) is 2.86. The van der Waals surface area contributed by atoms with E-state index in [0.717, 1.165) is 55.6 Å². The lowest BCUT2D eigenvalue weighted by molar-refractivity contribution is 0.250. The molecular formula is C22H27N7. The summed E-state index contributed by atoms with van der Waals surface area (Å²) in [6, 6.07) is 12.3. The third-order valence-electron chi connectivity index (χ3n) is 5.05. The molecule has 0 aromatic carbocycles. The molecule has 1 atom stereocenters. The summed E-state index contributed by atoms with van der Waals surface area (Å²) in [4.78, 5) is 22.7. The van der Waals surface area contributed by atoms with Crippen molar-refractivity contribution in [2.75, 3.05) is 42.9 Å². The van der Waals surface area contributed by atoms with Crippen LogP contribution >= 0.6 is 0 Å². The second kappa shape index (κ2) is 8.96. The summed E-state index contributed by atoms with van der Waals surface area (Å²) in [5.74, 6) is 2.63. The molecule has 7 heteroatoms. The van der Waals surface area contributed by atoms with Gasteiger partial charge in [-0.2, -0.15) is 0 Å². The minimum absolute atomic E-state index is 0.285. The van der Waals surface area contributed by atoms with E-state index in [-0.39, 0.29) is 6.04 Å². The first-order valence-electron chi connectivity index (χ1n) is 10.1. The Balaban J connectivity index is 1.33. The van der Waals surface area contributed by atoms with Crippen molar-refractivity contribution >= 4 is 11.6 Å². The van der Waals surface area contributed by atoms with Crippen LogP contribution < -0.4 is 10.2 Å². The van der Waals surface area contributed by atoms with Crippen LogP contribution in [0.1, 0.15) is 12.6 Å². The fourth-order valence-corrected chi connectivity index (χ4v) is 3.65. The molecule has 0 spiro atoms. The highest BCUT2D eigenvalue weighted by molar-refractivity contribution is 5.56. The van der Waals surface area contributed by atoms with Gasteiger partial charge in [-0.05, 0) is 38.1 Å². The van der Waals surface area contributed by atoms with E-state index in [4.69, 9.17) is 4.98 Å². The molecule has 0 saturated carbocycles. The van der Waals surface area contributed by atoms with Crippen molar-refractivity contribution in [3.05, 3.63) is 60.7 Å². The van der Waals surface area contributed by atoms with Crippen LogP contribution in [0.4, 0.5) is 11.6 Å². The fraction of sp³-hybridized carbons (Fsp3) is 0.364. The second-order valence-electron chi connectivity index (χ2n) is 7.48. The van der Waals surface area contributed by atoms with E-state index in [9.17, 15) is 0 Å². The number of aromatic nitrogens is 4. The van der Waals surface area contributed by atoms with E-state index in [0.29, 0.717) is 5.82 Å². The summed E-state index contributed by atoms with van der Waals surface area (Å²) in [7, 11) is 0. The third kappa shape index (κ3) is 5.06. The molecule has 4 rings (SSSR count). The van der Waals surface area contributed by atoms with E-state index in [2.05, 4.69) is 43.1 Å². The van der Waals surface area contributed by atoms with E-state index in [1.54, 1.807) is 12.4 Å². The topological polar surface area (TPSA) is 70.1 Å². The lowest BCUT2D eigenvalue weighted by Gasteiger charge is -2.36. The predicted molar refractivity (Wildman–Crippen MR) is 116 cm³/mol. The van der Waals surface area contributed by atoms with Gasteiger partial charge in [0.2, 0.25) is 0 Å². The number of anilines is 2. The Kier molecular flexibility index (Phi) is 5.95. The van der Waals surface area contributed by atoms with Crippen molar-refractivity contribution < 1.29 is 0 Å². The highest BCUT2D eigenvalue weighted by Gasteiger charge is 2.19. The Morgan fingerprint density at radius 1 is 1.03 bits per heavy atom. The molecule has 0 bridgehead atoms. The first kappa shape index (κ1) is 19.3. The molecule has 1 fully saturated rings. The molecule has 3 aromatic rings. The number of pyridine rings is 2. The summed E-state index contributed by atoms with van der Waals surface area (Å²) in [5.41, 5.74) is 1.87. The van der Waals surface area contributed by atoms with Gasteiger partial charge in [-0.1, -0.05) is 6.07 Å². The third-order valence-corrected chi connectivity index (χ3v) is 5.05. The van der Waals surface area contributed by atoms with Crippen molar-refractivity contribution in [3.63, 3.8) is 0 Å². The monoisotopic (exact) mass is 389 g/mol. The maximum Gasteiger partial charge on any atom is 0.163 e. The average molecular weight is 390 g/mol. The summed E-state index contributed by atoms with van der Waals surface area (Å²) in [6.07, 6.45) is 5.41. The summed E-state index contributed by atoms with van der Waals surface area (Å²) >= 11 is 0. The van der Waals surface area contributed by atoms with Crippen LogP contribution in [0.3, 0.4) is 0 Å². The Morgan fingerprint density at radius 2 is 1.90 bits per heavy atom. The lowest BCUT2D eigenvalue weighted by Crippen LogP contribution is -2.49. The maximum atomic E-state index is 4.69. The molecule has 1 aliphatic rings. The smallest absolute Gasteiger partial charge is 0.163 e. The standard InChI is InChI=1S/C22H27N7/c1-17-14-20(27-22(26-17)19-6-5-8-23-15-19)25-18(2)16-28-10-12-29(13-11-28)21-7-3-4-9-24-21/h3-9,14-15,18H,10-13,16H2,1-2H3,(H,25,26,27). The zero-order chi connectivity index (χ0) is 20.1. The zero-order valence-corrected chi connectivity index (χ0v) is 17.0. The SMILES string of the molecule is Cc1cc(NC(C)CN2CCN(c3ccccn3)CC2)nc(-c2cccnc2)n1. The van der Waals surface area contributed by atoms with Crippen LogP contribution in [0, 0.1) is 6.92 Å². The van der Waals surface area contributed by atoms with E-state index >= 15 is 0 Å². The summed E-state index contributed by atoms with van der Waals surface area (Å²) in [6.45, 7) is 9.24. The number of nitrogens with one attached hydrogen (secondary N) is 1. The van der Waals surface area contributed by atoms with Crippen LogP contribution in [-0.4, -0.2) is 63.6 Å². The van der Waals surface area contributed by atoms with Crippen LogP contribution in [0.5, 0.6) is 0 Å². The number of nitrogens with zero attached hydrogens (tertiary/aromatic N) is 6. The number of piperazine rings is 1. The molecule has 7 nitrogen and oxygen atoms in total. The van der Waals surface area contributed by atoms with E-state index < -0.39 is 0 Å². The Morgan fingerprint density at radius 3 is 2.62 bits per heavy atom. The number of hydrogen-bond acceptors (Lipinski definition) is 7. The van der Waals surface area contributed by atoms with Gasteiger partial charge in [0.1, 0.15) is 11.6 Å². The molecule has 0 radical (unpaired) electrons. The molecule has 150 valence electrons. The highest BCUT2D eigenvalue weighted by atomic mass is 15.3. The van der Waals surface area contributed by atoms with Gasteiger partial charge < -0.3 is 10.2 Å². The van der Waals surface area contributed by atoms with E-state index in [1.807, 2.05) is 43.5 Å². The van der Waals surface area contributed by atoms with Gasteiger partial charge >= 0.3 is 0 Å². The number of hydrogen-bond donors (Lipinski definition) is 1. The van der Waals surface area contributed by atoms with Gasteiger partial charge in [0, 0.05) is 74.7 Å². The average Bonchev–Trinajstić information content (AvgIpc) is 2.75. The number of aryl methyl sites for hydroxylation is 1. The van der Waals surface area contributed by atoms with E-state index in [1.165, 1.54) is 0 Å². The van der Waals surface area contributed by atoms with Gasteiger partial charge in [-0.15, -0.1) is 0 Å². The van der Waals surface area contributed by atoms with Gasteiger partial charge in [-0.25, -0.2) is 15.0 Å². The molecule has 1 aliphatic heterocycles. The zero-order valence-electron chi connectivity index (χ0n) is 17.0. The van der Waals surface area contributed by atoms with Crippen molar-refractivity contribution in [1.82, 2.24) is 24.8 Å². The van der Waals surface area contributed by atoms with Crippen LogP contribution in [0.2, 0.25) is 0 Å². The molecule has 29 heavy (non-hydrogen) atoms.